The Morgan fingerprint density at radius 3 is 2.32 bits per heavy atom. The molecule has 3 heterocycles. The van der Waals surface area contributed by atoms with Crippen molar-refractivity contribution in [3.8, 4) is 11.3 Å². The van der Waals surface area contributed by atoms with Crippen LogP contribution in [0.1, 0.15) is 67.9 Å². The van der Waals surface area contributed by atoms with E-state index in [-0.39, 0.29) is 12.1 Å². The number of anilines is 1. The van der Waals surface area contributed by atoms with Crippen molar-refractivity contribution in [2.45, 2.75) is 70.2 Å². The number of benzene rings is 3. The van der Waals surface area contributed by atoms with Crippen LogP contribution in [0.2, 0.25) is 0 Å². The molecule has 0 radical (unpaired) electrons. The first kappa shape index (κ1) is 24.7. The Kier molecular flexibility index (Phi) is 6.44. The highest BCUT2D eigenvalue weighted by molar-refractivity contribution is 6.01. The van der Waals surface area contributed by atoms with Crippen molar-refractivity contribution in [3.63, 3.8) is 0 Å². The summed E-state index contributed by atoms with van der Waals surface area (Å²) in [5.74, 6) is 0.0380. The third-order valence-electron chi connectivity index (χ3n) is 8.31. The Morgan fingerprint density at radius 2 is 1.68 bits per heavy atom. The number of carbonyl (C=O) groups is 1. The van der Waals surface area contributed by atoms with Gasteiger partial charge in [-0.25, -0.2) is 0 Å². The minimum absolute atomic E-state index is 0.0709. The highest BCUT2D eigenvalue weighted by atomic mass is 16.3. The number of aliphatic hydroxyl groups excluding tert-OH is 1. The molecule has 2 unspecified atom stereocenters. The summed E-state index contributed by atoms with van der Waals surface area (Å²) in [4.78, 5) is 14.6. The van der Waals surface area contributed by atoms with E-state index in [2.05, 4.69) is 72.0 Å². The van der Waals surface area contributed by atoms with Crippen LogP contribution < -0.4 is 10.6 Å². The first-order valence-corrected chi connectivity index (χ1v) is 13.8. The van der Waals surface area contributed by atoms with Gasteiger partial charge in [0, 0.05) is 34.3 Å². The maximum Gasteiger partial charge on any atom is 0.248 e. The Morgan fingerprint density at radius 1 is 1.00 bits per heavy atom. The first-order valence-electron chi connectivity index (χ1n) is 13.8. The van der Waals surface area contributed by atoms with Crippen LogP contribution in [0, 0.1) is 5.92 Å². The number of rotatable bonds is 7. The molecule has 0 spiro atoms. The lowest BCUT2D eigenvalue weighted by Gasteiger charge is -2.39. The number of fused-ring (bicyclic) bond motifs is 3. The third kappa shape index (κ3) is 4.47. The molecular weight excluding hydrogens is 472 g/mol. The summed E-state index contributed by atoms with van der Waals surface area (Å²) >= 11 is 0. The number of aromatic nitrogens is 2. The lowest BCUT2D eigenvalue weighted by Crippen LogP contribution is -2.44. The van der Waals surface area contributed by atoms with E-state index in [1.54, 1.807) is 6.07 Å². The largest absolute Gasteiger partial charge is 0.393 e. The SMILES string of the molecule is CC(C)C[C@@H](c1ccccc1)n1nc(-c2ccc(N3C4CCC3CC(O)C4)cc2)c2cc(C(N)=O)ccc21. The van der Waals surface area contributed by atoms with Crippen molar-refractivity contribution < 1.29 is 9.90 Å². The molecule has 4 aromatic rings. The molecule has 1 amide bonds. The first-order chi connectivity index (χ1) is 18.4. The fraction of sp³-hybridized carbons (Fsp3) is 0.375. The maximum absolute atomic E-state index is 12.1. The van der Waals surface area contributed by atoms with Crippen molar-refractivity contribution in [2.24, 2.45) is 11.7 Å². The fourth-order valence-electron chi connectivity index (χ4n) is 6.61. The zero-order valence-electron chi connectivity index (χ0n) is 22.1. The second-order valence-corrected chi connectivity index (χ2v) is 11.4. The Bertz CT molecular complexity index is 1430. The molecule has 2 bridgehead atoms. The number of nitrogens with two attached hydrogens (primary N) is 1. The minimum atomic E-state index is -0.439. The van der Waals surface area contributed by atoms with Gasteiger partial charge in [-0.05, 0) is 73.9 Å². The van der Waals surface area contributed by atoms with E-state index in [0.717, 1.165) is 54.3 Å². The Balaban J connectivity index is 1.44. The molecule has 3 N–H and O–H groups in total. The molecule has 38 heavy (non-hydrogen) atoms. The molecule has 196 valence electrons. The zero-order chi connectivity index (χ0) is 26.4. The Hall–Kier alpha value is -3.64. The van der Waals surface area contributed by atoms with Crippen LogP contribution >= 0.6 is 0 Å². The number of aliphatic hydroxyl groups is 1. The second kappa shape index (κ2) is 9.91. The Labute approximate surface area is 224 Å². The van der Waals surface area contributed by atoms with Gasteiger partial charge in [-0.3, -0.25) is 9.48 Å². The monoisotopic (exact) mass is 508 g/mol. The molecule has 3 atom stereocenters. The van der Waals surface area contributed by atoms with E-state index in [4.69, 9.17) is 10.8 Å². The third-order valence-corrected chi connectivity index (χ3v) is 8.31. The standard InChI is InChI=1S/C32H36N4O2/c1-20(2)16-30(21-6-4-3-5-7-21)36-29-15-10-23(32(33)38)17-28(29)31(34-36)22-8-11-24(12-9-22)35-25-13-14-26(35)19-27(37)18-25/h3-12,15,17,20,25-27,30,37H,13-14,16,18-19H2,1-2H3,(H2,33,38)/t25?,26?,27?,30-/m0/s1. The topological polar surface area (TPSA) is 84.4 Å². The van der Waals surface area contributed by atoms with Gasteiger partial charge in [0.1, 0.15) is 5.69 Å². The average Bonchev–Trinajstić information content (AvgIpc) is 3.42. The van der Waals surface area contributed by atoms with E-state index < -0.39 is 5.91 Å². The van der Waals surface area contributed by atoms with Crippen molar-refractivity contribution in [1.82, 2.24) is 9.78 Å². The van der Waals surface area contributed by atoms with Gasteiger partial charge in [0.25, 0.3) is 0 Å². The summed E-state index contributed by atoms with van der Waals surface area (Å²) in [5.41, 5.74) is 11.4. The van der Waals surface area contributed by atoms with Gasteiger partial charge in [-0.2, -0.15) is 5.10 Å². The molecule has 0 aliphatic carbocycles. The zero-order valence-corrected chi connectivity index (χ0v) is 22.1. The minimum Gasteiger partial charge on any atom is -0.393 e. The average molecular weight is 509 g/mol. The van der Waals surface area contributed by atoms with Crippen LogP contribution in [0.15, 0.2) is 72.8 Å². The number of hydrogen-bond donors (Lipinski definition) is 2. The van der Waals surface area contributed by atoms with Gasteiger partial charge in [0.2, 0.25) is 5.91 Å². The lowest BCUT2D eigenvalue weighted by molar-refractivity contribution is 0.100. The molecule has 2 saturated heterocycles. The number of hydrogen-bond acceptors (Lipinski definition) is 4. The van der Waals surface area contributed by atoms with E-state index in [0.29, 0.717) is 23.6 Å². The summed E-state index contributed by atoms with van der Waals surface area (Å²) in [5, 5.41) is 16.4. The number of primary amides is 1. The van der Waals surface area contributed by atoms with Gasteiger partial charge in [-0.1, -0.05) is 56.3 Å². The summed E-state index contributed by atoms with van der Waals surface area (Å²) in [6.45, 7) is 4.47. The van der Waals surface area contributed by atoms with Crippen molar-refractivity contribution in [1.29, 1.82) is 0 Å². The van der Waals surface area contributed by atoms with Gasteiger partial charge in [0.15, 0.2) is 0 Å². The fourth-order valence-corrected chi connectivity index (χ4v) is 6.61. The van der Waals surface area contributed by atoms with E-state index in [9.17, 15) is 9.90 Å². The summed E-state index contributed by atoms with van der Waals surface area (Å²) in [6.07, 6.45) is 4.75. The second-order valence-electron chi connectivity index (χ2n) is 11.4. The normalized spacial score (nSPS) is 21.8. The smallest absolute Gasteiger partial charge is 0.248 e. The van der Waals surface area contributed by atoms with Crippen molar-refractivity contribution >= 4 is 22.5 Å². The van der Waals surface area contributed by atoms with Gasteiger partial charge >= 0.3 is 0 Å². The predicted molar refractivity (Wildman–Crippen MR) is 152 cm³/mol. The van der Waals surface area contributed by atoms with Crippen LogP contribution in [0.5, 0.6) is 0 Å². The summed E-state index contributed by atoms with van der Waals surface area (Å²) in [6, 6.07) is 25.7. The molecule has 6 heteroatoms. The molecule has 2 aliphatic rings. The van der Waals surface area contributed by atoms with Crippen LogP contribution in [0.4, 0.5) is 5.69 Å². The number of piperidine rings is 1. The van der Waals surface area contributed by atoms with Crippen LogP contribution in [0.3, 0.4) is 0 Å². The van der Waals surface area contributed by atoms with E-state index in [1.807, 2.05) is 18.2 Å². The number of nitrogens with zero attached hydrogens (tertiary/aromatic N) is 3. The molecule has 0 saturated carbocycles. The predicted octanol–water partition coefficient (Wildman–Crippen LogP) is 5.93. The molecular formula is C32H36N4O2. The molecule has 6 rings (SSSR count). The lowest BCUT2D eigenvalue weighted by atomic mass is 9.97. The molecule has 2 fully saturated rings. The van der Waals surface area contributed by atoms with E-state index >= 15 is 0 Å². The van der Waals surface area contributed by atoms with Gasteiger partial charge in [-0.15, -0.1) is 0 Å². The van der Waals surface area contributed by atoms with E-state index in [1.165, 1.54) is 11.3 Å². The van der Waals surface area contributed by atoms with Crippen LogP contribution in [-0.2, 0) is 0 Å². The van der Waals surface area contributed by atoms with Gasteiger partial charge < -0.3 is 15.7 Å². The summed E-state index contributed by atoms with van der Waals surface area (Å²) in [7, 11) is 0. The van der Waals surface area contributed by atoms with Crippen molar-refractivity contribution in [2.75, 3.05) is 4.90 Å². The molecule has 2 aliphatic heterocycles. The van der Waals surface area contributed by atoms with Crippen LogP contribution in [-0.4, -0.2) is 39.0 Å². The van der Waals surface area contributed by atoms with Crippen molar-refractivity contribution in [3.05, 3.63) is 83.9 Å². The highest BCUT2D eigenvalue weighted by Gasteiger charge is 2.40. The number of carbonyl (C=O) groups excluding carboxylic acids is 1. The summed E-state index contributed by atoms with van der Waals surface area (Å²) < 4.78 is 2.13. The molecule has 3 aromatic carbocycles. The van der Waals surface area contributed by atoms with Crippen LogP contribution in [0.25, 0.3) is 22.2 Å². The van der Waals surface area contributed by atoms with Gasteiger partial charge in [0.05, 0.1) is 17.7 Å². The quantitative estimate of drug-likeness (QED) is 0.324. The highest BCUT2D eigenvalue weighted by Crippen LogP contribution is 2.41. The molecule has 1 aromatic heterocycles. The molecule has 6 nitrogen and oxygen atoms in total. The number of amides is 1. The maximum atomic E-state index is 12.1.